The zero-order chi connectivity index (χ0) is 22.4. The summed E-state index contributed by atoms with van der Waals surface area (Å²) in [4.78, 5) is 12.9. The molecule has 0 aliphatic carbocycles. The van der Waals surface area contributed by atoms with E-state index in [1.807, 2.05) is 18.6 Å². The number of fused-ring (bicyclic) bond motifs is 2. The molecule has 0 amide bonds. The maximum absolute atomic E-state index is 6.27. The molecule has 1 saturated heterocycles. The normalized spacial score (nSPS) is 14.9. The average Bonchev–Trinajstić information content (AvgIpc) is 3.59. The van der Waals surface area contributed by atoms with Crippen molar-refractivity contribution in [1.82, 2.24) is 30.0 Å². The fourth-order valence-electron chi connectivity index (χ4n) is 4.88. The Hall–Kier alpha value is -2.84. The van der Waals surface area contributed by atoms with Crippen molar-refractivity contribution in [3.8, 4) is 22.6 Å². The topological polar surface area (TPSA) is 77.0 Å². The number of nitrogens with zero attached hydrogens (tertiary/aromatic N) is 4. The summed E-state index contributed by atoms with van der Waals surface area (Å²) in [6.45, 7) is 9.61. The van der Waals surface area contributed by atoms with Crippen molar-refractivity contribution in [1.29, 1.82) is 0 Å². The summed E-state index contributed by atoms with van der Waals surface area (Å²) >= 11 is 0. The Bertz CT molecular complexity index is 1410. The number of H-pyrrole nitrogens is 2. The van der Waals surface area contributed by atoms with Crippen LogP contribution >= 0.6 is 24.8 Å². The molecule has 184 valence electrons. The van der Waals surface area contributed by atoms with Crippen LogP contribution in [0.4, 0.5) is 0 Å². The third-order valence-electron chi connectivity index (χ3n) is 6.77. The van der Waals surface area contributed by atoms with Gasteiger partial charge in [-0.25, -0.2) is 4.98 Å². The second-order valence-corrected chi connectivity index (χ2v) is 9.14. The lowest BCUT2D eigenvalue weighted by Gasteiger charge is -2.36. The highest BCUT2D eigenvalue weighted by Crippen LogP contribution is 2.35. The van der Waals surface area contributed by atoms with Crippen LogP contribution in [0.5, 0.6) is 0 Å². The Morgan fingerprint density at radius 3 is 2.57 bits per heavy atom. The van der Waals surface area contributed by atoms with Gasteiger partial charge in [-0.05, 0) is 49.2 Å². The zero-order valence-corrected chi connectivity index (χ0v) is 21.5. The number of benzene rings is 2. The van der Waals surface area contributed by atoms with E-state index in [2.05, 4.69) is 80.2 Å². The molecule has 2 N–H and O–H groups in total. The molecule has 7 nitrogen and oxygen atoms in total. The zero-order valence-electron chi connectivity index (χ0n) is 19.8. The number of piperazine rings is 1. The molecule has 6 rings (SSSR count). The molecule has 3 aromatic heterocycles. The third kappa shape index (κ3) is 4.82. The summed E-state index contributed by atoms with van der Waals surface area (Å²) in [6.07, 6.45) is 5.70. The van der Waals surface area contributed by atoms with Gasteiger partial charge in [0.05, 0.1) is 24.5 Å². The van der Waals surface area contributed by atoms with Gasteiger partial charge in [0.15, 0.2) is 0 Å². The number of nitrogens with one attached hydrogen (secondary N) is 2. The summed E-state index contributed by atoms with van der Waals surface area (Å²) in [5.74, 6) is 1.54. The van der Waals surface area contributed by atoms with Crippen molar-refractivity contribution >= 4 is 46.6 Å². The predicted octanol–water partition coefficient (Wildman–Crippen LogP) is 5.74. The molecule has 1 aliphatic rings. The van der Waals surface area contributed by atoms with Crippen molar-refractivity contribution in [2.45, 2.75) is 26.4 Å². The fourth-order valence-corrected chi connectivity index (χ4v) is 4.88. The van der Waals surface area contributed by atoms with Crippen LogP contribution < -0.4 is 0 Å². The molecule has 1 aliphatic heterocycles. The SMILES string of the molecule is CC(C)N1CCN(Cc2cnc(-c3cc(-c4cccc5[nH]ccc45)cc4[nH]ncc34)o2)CC1.Cl.Cl. The Labute approximate surface area is 216 Å². The highest BCUT2D eigenvalue weighted by Gasteiger charge is 2.21. The van der Waals surface area contributed by atoms with E-state index >= 15 is 0 Å². The van der Waals surface area contributed by atoms with E-state index in [1.165, 1.54) is 10.9 Å². The van der Waals surface area contributed by atoms with Crippen LogP contribution in [0.1, 0.15) is 19.6 Å². The molecular formula is C26H30Cl2N6O. The quantitative estimate of drug-likeness (QED) is 0.314. The number of hydrogen-bond donors (Lipinski definition) is 2. The van der Waals surface area contributed by atoms with Gasteiger partial charge in [0.25, 0.3) is 0 Å². The monoisotopic (exact) mass is 512 g/mol. The number of oxazole rings is 1. The van der Waals surface area contributed by atoms with Crippen LogP contribution in [0.3, 0.4) is 0 Å². The molecule has 9 heteroatoms. The van der Waals surface area contributed by atoms with Gasteiger partial charge in [0, 0.05) is 60.3 Å². The van der Waals surface area contributed by atoms with E-state index in [1.54, 1.807) is 0 Å². The van der Waals surface area contributed by atoms with Crippen molar-refractivity contribution in [2.24, 2.45) is 0 Å². The Morgan fingerprint density at radius 1 is 0.943 bits per heavy atom. The first kappa shape index (κ1) is 25.3. The van der Waals surface area contributed by atoms with Gasteiger partial charge in [-0.15, -0.1) is 24.8 Å². The highest BCUT2D eigenvalue weighted by atomic mass is 35.5. The second-order valence-electron chi connectivity index (χ2n) is 9.14. The average molecular weight is 513 g/mol. The third-order valence-corrected chi connectivity index (χ3v) is 6.77. The summed E-state index contributed by atoms with van der Waals surface area (Å²) in [7, 11) is 0. The molecule has 0 bridgehead atoms. The van der Waals surface area contributed by atoms with Gasteiger partial charge in [-0.1, -0.05) is 12.1 Å². The summed E-state index contributed by atoms with van der Waals surface area (Å²) in [6, 6.07) is 13.3. The number of aromatic amines is 2. The van der Waals surface area contributed by atoms with Crippen molar-refractivity contribution < 1.29 is 4.42 Å². The van der Waals surface area contributed by atoms with Crippen molar-refractivity contribution in [2.75, 3.05) is 26.2 Å². The standard InChI is InChI=1S/C26H28N6O.2ClH/c1-17(2)32-10-8-31(9-11-32)16-19-14-28-26(33-19)22-12-18(13-25-23(22)15-29-30-25)20-4-3-5-24-21(20)6-7-27-24;;/h3-7,12-15,17,27H,8-11,16H2,1-2H3,(H,29,30);2*1H. The molecule has 35 heavy (non-hydrogen) atoms. The molecule has 0 radical (unpaired) electrons. The lowest BCUT2D eigenvalue weighted by Crippen LogP contribution is -2.48. The Balaban J connectivity index is 0.00000144. The summed E-state index contributed by atoms with van der Waals surface area (Å²) < 4.78 is 6.27. The molecular weight excluding hydrogens is 483 g/mol. The predicted molar refractivity (Wildman–Crippen MR) is 145 cm³/mol. The van der Waals surface area contributed by atoms with Crippen LogP contribution in [0.15, 0.2) is 59.4 Å². The minimum Gasteiger partial charge on any atom is -0.440 e. The minimum atomic E-state index is 0. The van der Waals surface area contributed by atoms with Gasteiger partial charge >= 0.3 is 0 Å². The molecule has 0 spiro atoms. The first-order valence-corrected chi connectivity index (χ1v) is 11.6. The molecule has 0 saturated carbocycles. The van der Waals surface area contributed by atoms with Crippen LogP contribution in [0.25, 0.3) is 44.4 Å². The highest BCUT2D eigenvalue weighted by molar-refractivity contribution is 6.01. The summed E-state index contributed by atoms with van der Waals surface area (Å²) in [5, 5.41) is 9.61. The molecule has 2 aromatic carbocycles. The van der Waals surface area contributed by atoms with E-state index in [4.69, 9.17) is 4.42 Å². The van der Waals surface area contributed by atoms with Gasteiger partial charge in [-0.2, -0.15) is 5.10 Å². The van der Waals surface area contributed by atoms with Crippen molar-refractivity contribution in [3.05, 3.63) is 60.7 Å². The van der Waals surface area contributed by atoms with E-state index in [0.29, 0.717) is 11.9 Å². The fraction of sp³-hybridized carbons (Fsp3) is 0.308. The smallest absolute Gasteiger partial charge is 0.227 e. The van der Waals surface area contributed by atoms with Crippen LogP contribution in [0, 0.1) is 0 Å². The lowest BCUT2D eigenvalue weighted by molar-refractivity contribution is 0.0992. The maximum atomic E-state index is 6.27. The van der Waals surface area contributed by atoms with Gasteiger partial charge in [0.2, 0.25) is 5.89 Å². The maximum Gasteiger partial charge on any atom is 0.227 e. The van der Waals surface area contributed by atoms with Crippen LogP contribution in [0.2, 0.25) is 0 Å². The number of hydrogen-bond acceptors (Lipinski definition) is 5. The van der Waals surface area contributed by atoms with E-state index < -0.39 is 0 Å². The number of aromatic nitrogens is 4. The Morgan fingerprint density at radius 2 is 1.77 bits per heavy atom. The van der Waals surface area contributed by atoms with Crippen molar-refractivity contribution in [3.63, 3.8) is 0 Å². The molecule has 5 aromatic rings. The lowest BCUT2D eigenvalue weighted by atomic mass is 9.98. The van der Waals surface area contributed by atoms with E-state index in [0.717, 1.165) is 66.0 Å². The minimum absolute atomic E-state index is 0. The van der Waals surface area contributed by atoms with Crippen LogP contribution in [-0.2, 0) is 6.54 Å². The van der Waals surface area contributed by atoms with E-state index in [-0.39, 0.29) is 24.8 Å². The van der Waals surface area contributed by atoms with Gasteiger partial charge < -0.3 is 9.40 Å². The first-order chi connectivity index (χ1) is 16.2. The number of rotatable bonds is 5. The number of halogens is 2. The van der Waals surface area contributed by atoms with Gasteiger partial charge in [-0.3, -0.25) is 14.9 Å². The largest absolute Gasteiger partial charge is 0.440 e. The molecule has 1 fully saturated rings. The van der Waals surface area contributed by atoms with Gasteiger partial charge in [0.1, 0.15) is 5.76 Å². The molecule has 0 unspecified atom stereocenters. The molecule has 0 atom stereocenters. The second kappa shape index (κ2) is 10.4. The first-order valence-electron chi connectivity index (χ1n) is 11.6. The summed E-state index contributed by atoms with van der Waals surface area (Å²) in [5.41, 5.74) is 5.33. The molecule has 4 heterocycles. The van der Waals surface area contributed by atoms with E-state index in [9.17, 15) is 0 Å². The Kier molecular flexibility index (Phi) is 7.52. The van der Waals surface area contributed by atoms with Crippen LogP contribution in [-0.4, -0.2) is 62.2 Å².